The van der Waals surface area contributed by atoms with Crippen molar-refractivity contribution in [3.63, 3.8) is 0 Å². The molecule has 1 rings (SSSR count). The van der Waals surface area contributed by atoms with Gasteiger partial charge in [0.05, 0.1) is 24.5 Å². The maximum absolute atomic E-state index is 13.2. The number of methoxy groups -OCH3 is 1. The van der Waals surface area contributed by atoms with Gasteiger partial charge in [-0.25, -0.2) is 4.39 Å². The van der Waals surface area contributed by atoms with Gasteiger partial charge in [-0.15, -0.1) is 0 Å². The summed E-state index contributed by atoms with van der Waals surface area (Å²) in [5, 5.41) is 2.76. The van der Waals surface area contributed by atoms with Crippen LogP contribution >= 0.6 is 15.9 Å². The molecule has 7 heteroatoms. The topological polar surface area (TPSA) is 73.6 Å². The lowest BCUT2D eigenvalue weighted by molar-refractivity contribution is 0.0686. The Hall–Kier alpha value is -1.18. The average Bonchev–Trinajstić information content (AvgIpc) is 2.45. The molecule has 118 valence electrons. The van der Waals surface area contributed by atoms with E-state index in [4.69, 9.17) is 15.2 Å². The van der Waals surface area contributed by atoms with Gasteiger partial charge < -0.3 is 20.5 Å². The Balaban J connectivity index is 2.27. The first-order chi connectivity index (χ1) is 10.1. The molecular weight excluding hydrogens is 343 g/mol. The number of amides is 1. The number of nitrogen functional groups attached to an aromatic ring is 1. The van der Waals surface area contributed by atoms with Crippen molar-refractivity contribution in [2.24, 2.45) is 0 Å². The molecule has 0 bridgehead atoms. The number of carbonyl (C=O) groups is 1. The lowest BCUT2D eigenvalue weighted by Crippen LogP contribution is -2.25. The number of nitrogens with two attached hydrogens (primary N) is 1. The fourth-order valence-corrected chi connectivity index (χ4v) is 2.11. The van der Waals surface area contributed by atoms with Crippen LogP contribution in [0.15, 0.2) is 16.6 Å². The maximum atomic E-state index is 13.2. The van der Waals surface area contributed by atoms with Gasteiger partial charge >= 0.3 is 0 Å². The van der Waals surface area contributed by atoms with Crippen LogP contribution in [0.3, 0.4) is 0 Å². The van der Waals surface area contributed by atoms with Gasteiger partial charge in [0, 0.05) is 24.7 Å². The van der Waals surface area contributed by atoms with E-state index in [0.29, 0.717) is 36.4 Å². The second kappa shape index (κ2) is 9.70. The summed E-state index contributed by atoms with van der Waals surface area (Å²) in [6.07, 6.45) is 1.64. The number of benzene rings is 1. The molecule has 0 saturated heterocycles. The maximum Gasteiger partial charge on any atom is 0.252 e. The van der Waals surface area contributed by atoms with E-state index >= 15 is 0 Å². The van der Waals surface area contributed by atoms with Crippen LogP contribution in [0.2, 0.25) is 0 Å². The molecular formula is C14H20BrFN2O3. The van der Waals surface area contributed by atoms with Gasteiger partial charge in [-0.3, -0.25) is 4.79 Å². The molecule has 0 spiro atoms. The van der Waals surface area contributed by atoms with Crippen LogP contribution in [-0.4, -0.2) is 39.4 Å². The Morgan fingerprint density at radius 3 is 2.81 bits per heavy atom. The molecule has 5 nitrogen and oxygen atoms in total. The zero-order valence-electron chi connectivity index (χ0n) is 12.0. The smallest absolute Gasteiger partial charge is 0.252 e. The average molecular weight is 363 g/mol. The van der Waals surface area contributed by atoms with E-state index in [-0.39, 0.29) is 11.6 Å². The van der Waals surface area contributed by atoms with Crippen LogP contribution in [0.4, 0.5) is 10.1 Å². The minimum atomic E-state index is -0.549. The van der Waals surface area contributed by atoms with Crippen LogP contribution in [0.25, 0.3) is 0 Å². The molecule has 3 N–H and O–H groups in total. The predicted molar refractivity (Wildman–Crippen MR) is 82.8 cm³/mol. The van der Waals surface area contributed by atoms with E-state index in [0.717, 1.165) is 12.8 Å². The van der Waals surface area contributed by atoms with Crippen LogP contribution in [0.5, 0.6) is 0 Å². The molecule has 1 amide bonds. The molecule has 0 aliphatic heterocycles. The van der Waals surface area contributed by atoms with Crippen molar-refractivity contribution in [3.8, 4) is 0 Å². The molecule has 0 aliphatic carbocycles. The summed E-state index contributed by atoms with van der Waals surface area (Å²) in [6.45, 7) is 2.31. The molecule has 1 aromatic rings. The minimum Gasteiger partial charge on any atom is -0.396 e. The van der Waals surface area contributed by atoms with Gasteiger partial charge in [0.2, 0.25) is 0 Å². The van der Waals surface area contributed by atoms with E-state index in [1.54, 1.807) is 7.11 Å². The first-order valence-corrected chi connectivity index (χ1v) is 7.45. The van der Waals surface area contributed by atoms with E-state index in [2.05, 4.69) is 21.2 Å². The van der Waals surface area contributed by atoms with Crippen molar-refractivity contribution in [1.29, 1.82) is 0 Å². The van der Waals surface area contributed by atoms with Gasteiger partial charge in [0.25, 0.3) is 5.91 Å². The number of unbranched alkanes of at least 4 members (excludes halogenated alkanes) is 1. The molecule has 0 saturated carbocycles. The summed E-state index contributed by atoms with van der Waals surface area (Å²) >= 11 is 3.15. The molecule has 0 aromatic heterocycles. The van der Waals surface area contributed by atoms with E-state index in [1.165, 1.54) is 12.1 Å². The van der Waals surface area contributed by atoms with Crippen molar-refractivity contribution in [2.45, 2.75) is 12.8 Å². The molecule has 21 heavy (non-hydrogen) atoms. The van der Waals surface area contributed by atoms with Crippen molar-refractivity contribution in [1.82, 2.24) is 5.32 Å². The van der Waals surface area contributed by atoms with Crippen molar-refractivity contribution >= 4 is 27.5 Å². The highest BCUT2D eigenvalue weighted by molar-refractivity contribution is 9.10. The lowest BCUT2D eigenvalue weighted by Gasteiger charge is -2.08. The standard InChI is InChI=1S/C14H20BrFN2O3/c1-20-6-7-21-5-3-2-4-18-14(19)10-8-13(17)12(16)9-11(10)15/h8-9H,2-7,17H2,1H3,(H,18,19). The molecule has 0 heterocycles. The predicted octanol–water partition coefficient (Wildman–Crippen LogP) is 2.34. The van der Waals surface area contributed by atoms with Gasteiger partial charge in [-0.05, 0) is 40.9 Å². The number of anilines is 1. The molecule has 0 radical (unpaired) electrons. The van der Waals surface area contributed by atoms with E-state index in [1.807, 2.05) is 0 Å². The van der Waals surface area contributed by atoms with Crippen LogP contribution in [0.1, 0.15) is 23.2 Å². The van der Waals surface area contributed by atoms with Crippen molar-refractivity contribution < 1.29 is 18.7 Å². The van der Waals surface area contributed by atoms with E-state index in [9.17, 15) is 9.18 Å². The Morgan fingerprint density at radius 1 is 1.33 bits per heavy atom. The fourth-order valence-electron chi connectivity index (χ4n) is 1.61. The monoisotopic (exact) mass is 362 g/mol. The van der Waals surface area contributed by atoms with Crippen LogP contribution < -0.4 is 11.1 Å². The number of hydrogen-bond acceptors (Lipinski definition) is 4. The highest BCUT2D eigenvalue weighted by Crippen LogP contribution is 2.22. The third-order valence-corrected chi connectivity index (χ3v) is 3.42. The number of hydrogen-bond donors (Lipinski definition) is 2. The lowest BCUT2D eigenvalue weighted by atomic mass is 10.2. The quantitative estimate of drug-likeness (QED) is 0.522. The Bertz CT molecular complexity index is 472. The highest BCUT2D eigenvalue weighted by Gasteiger charge is 2.12. The number of rotatable bonds is 9. The number of ether oxygens (including phenoxy) is 2. The van der Waals surface area contributed by atoms with E-state index < -0.39 is 5.82 Å². The second-order valence-corrected chi connectivity index (χ2v) is 5.28. The SMILES string of the molecule is COCCOCCCCNC(=O)c1cc(N)c(F)cc1Br. The summed E-state index contributed by atoms with van der Waals surface area (Å²) < 4.78 is 23.7. The third kappa shape index (κ3) is 6.41. The molecule has 0 atom stereocenters. The van der Waals surface area contributed by atoms with Crippen molar-refractivity contribution in [3.05, 3.63) is 28.0 Å². The first-order valence-electron chi connectivity index (χ1n) is 6.65. The fraction of sp³-hybridized carbons (Fsp3) is 0.500. The Labute approximate surface area is 132 Å². The van der Waals surface area contributed by atoms with Gasteiger partial charge in [-0.1, -0.05) is 0 Å². The van der Waals surface area contributed by atoms with Crippen LogP contribution in [-0.2, 0) is 9.47 Å². The zero-order chi connectivity index (χ0) is 15.7. The highest BCUT2D eigenvalue weighted by atomic mass is 79.9. The Morgan fingerprint density at radius 2 is 2.10 bits per heavy atom. The molecule has 1 aromatic carbocycles. The van der Waals surface area contributed by atoms with Crippen molar-refractivity contribution in [2.75, 3.05) is 39.2 Å². The summed E-state index contributed by atoms with van der Waals surface area (Å²) in [5.74, 6) is -0.833. The summed E-state index contributed by atoms with van der Waals surface area (Å²) in [7, 11) is 1.62. The zero-order valence-corrected chi connectivity index (χ0v) is 13.5. The third-order valence-electron chi connectivity index (χ3n) is 2.76. The van der Waals surface area contributed by atoms with Gasteiger partial charge in [-0.2, -0.15) is 0 Å². The number of nitrogens with one attached hydrogen (secondary N) is 1. The minimum absolute atomic E-state index is 0.0464. The summed E-state index contributed by atoms with van der Waals surface area (Å²) in [4.78, 5) is 11.9. The number of carbonyl (C=O) groups excluding carboxylic acids is 1. The van der Waals surface area contributed by atoms with Gasteiger partial charge in [0.1, 0.15) is 5.82 Å². The normalized spacial score (nSPS) is 10.6. The largest absolute Gasteiger partial charge is 0.396 e. The molecule has 0 fully saturated rings. The van der Waals surface area contributed by atoms with Crippen LogP contribution in [0, 0.1) is 5.82 Å². The van der Waals surface area contributed by atoms with Gasteiger partial charge in [0.15, 0.2) is 0 Å². The summed E-state index contributed by atoms with van der Waals surface area (Å²) in [5.41, 5.74) is 5.74. The first kappa shape index (κ1) is 17.9. The second-order valence-electron chi connectivity index (χ2n) is 4.42. The Kier molecular flexibility index (Phi) is 8.26. The summed E-state index contributed by atoms with van der Waals surface area (Å²) in [6, 6.07) is 2.51. The molecule has 0 unspecified atom stereocenters. The molecule has 0 aliphatic rings. The number of halogens is 2.